The molecule has 1 fully saturated rings. The van der Waals surface area contributed by atoms with Crippen LogP contribution in [0.4, 0.5) is 0 Å². The van der Waals surface area contributed by atoms with E-state index in [4.69, 9.17) is 0 Å². The lowest BCUT2D eigenvalue weighted by Gasteiger charge is -2.42. The lowest BCUT2D eigenvalue weighted by Crippen LogP contribution is -2.65. The third-order valence-electron chi connectivity index (χ3n) is 2.51. The number of hydrogen-bond donors (Lipinski definition) is 1. The van der Waals surface area contributed by atoms with Gasteiger partial charge in [-0.25, -0.2) is 0 Å². The Labute approximate surface area is 92.2 Å². The van der Waals surface area contributed by atoms with Crippen molar-refractivity contribution < 1.29 is 9.59 Å². The number of likely N-dealkylation sites (N-methyl/N-ethyl adjacent to an activating group) is 1. The Morgan fingerprint density at radius 3 is 2.43 bits per heavy atom. The van der Waals surface area contributed by atoms with Crippen molar-refractivity contribution in [3.63, 3.8) is 0 Å². The molecule has 6 heteroatoms. The molecule has 2 amide bonds. The smallest absolute Gasteiger partial charge is 0.257 e. The van der Waals surface area contributed by atoms with Crippen molar-refractivity contribution in [2.75, 3.05) is 19.6 Å². The minimum absolute atomic E-state index is 0.0473. The Bertz CT molecular complexity index is 270. The molecule has 80 valence electrons. The van der Waals surface area contributed by atoms with Crippen molar-refractivity contribution in [1.29, 1.82) is 0 Å². The van der Waals surface area contributed by atoms with Crippen LogP contribution in [-0.4, -0.2) is 46.5 Å². The summed E-state index contributed by atoms with van der Waals surface area (Å²) in [7, 11) is 1.67. The van der Waals surface area contributed by atoms with Gasteiger partial charge in [0.2, 0.25) is 0 Å². The largest absolute Gasteiger partial charge is 0.333 e. The van der Waals surface area contributed by atoms with Crippen LogP contribution >= 0.6 is 23.5 Å². The molecule has 1 rings (SSSR count). The van der Waals surface area contributed by atoms with Gasteiger partial charge in [-0.05, 0) is 19.4 Å². The molecule has 0 radical (unpaired) electrons. The molecule has 0 aromatic rings. The summed E-state index contributed by atoms with van der Waals surface area (Å²) >= 11 is 2.70. The Hall–Kier alpha value is -0.360. The van der Waals surface area contributed by atoms with Crippen LogP contribution in [0.2, 0.25) is 0 Å². The Morgan fingerprint density at radius 2 is 2.00 bits per heavy atom. The summed E-state index contributed by atoms with van der Waals surface area (Å²) < 4.78 is 0. The highest BCUT2D eigenvalue weighted by Crippen LogP contribution is 2.31. The van der Waals surface area contributed by atoms with Crippen molar-refractivity contribution in [2.24, 2.45) is 0 Å². The van der Waals surface area contributed by atoms with Crippen LogP contribution < -0.4 is 5.32 Å². The number of carbonyl (C=O) groups is 2. The van der Waals surface area contributed by atoms with Gasteiger partial charge in [0.1, 0.15) is 0 Å². The fourth-order valence-corrected chi connectivity index (χ4v) is 2.44. The van der Waals surface area contributed by atoms with E-state index >= 15 is 0 Å². The van der Waals surface area contributed by atoms with E-state index in [1.165, 1.54) is 28.4 Å². The first kappa shape index (κ1) is 11.7. The van der Waals surface area contributed by atoms with Crippen LogP contribution in [0.5, 0.6) is 0 Å². The molecule has 0 aliphatic carbocycles. The molecule has 0 bridgehead atoms. The first-order chi connectivity index (χ1) is 6.47. The number of thioether (sulfide) groups is 2. The topological polar surface area (TPSA) is 49.4 Å². The SMILES string of the molecule is CSC1NC(=O)C(C)(SC)N(C)C1=O. The maximum absolute atomic E-state index is 11.8. The Morgan fingerprint density at radius 1 is 1.43 bits per heavy atom. The number of piperazine rings is 1. The van der Waals surface area contributed by atoms with Crippen molar-refractivity contribution in [3.05, 3.63) is 0 Å². The third kappa shape index (κ3) is 1.61. The molecule has 0 saturated carbocycles. The van der Waals surface area contributed by atoms with E-state index in [0.717, 1.165) is 0 Å². The van der Waals surface area contributed by atoms with Gasteiger partial charge in [-0.1, -0.05) is 0 Å². The third-order valence-corrected chi connectivity index (χ3v) is 4.56. The van der Waals surface area contributed by atoms with Crippen LogP contribution in [-0.2, 0) is 9.59 Å². The summed E-state index contributed by atoms with van der Waals surface area (Å²) in [6.07, 6.45) is 3.63. The predicted octanol–water partition coefficient (Wildman–Crippen LogP) is 0.343. The van der Waals surface area contributed by atoms with Gasteiger partial charge >= 0.3 is 0 Å². The second-order valence-corrected chi connectivity index (χ2v) is 5.32. The van der Waals surface area contributed by atoms with Gasteiger partial charge in [0.05, 0.1) is 0 Å². The maximum Gasteiger partial charge on any atom is 0.257 e. The van der Waals surface area contributed by atoms with Crippen LogP contribution in [0.15, 0.2) is 0 Å². The lowest BCUT2D eigenvalue weighted by atomic mass is 10.2. The average Bonchev–Trinajstić information content (AvgIpc) is 2.20. The highest BCUT2D eigenvalue weighted by atomic mass is 32.2. The van der Waals surface area contributed by atoms with E-state index in [1.54, 1.807) is 20.2 Å². The molecule has 2 atom stereocenters. The second-order valence-electron chi connectivity index (χ2n) is 3.17. The number of rotatable bonds is 2. The molecular weight excluding hydrogens is 220 g/mol. The number of hydrogen-bond acceptors (Lipinski definition) is 4. The van der Waals surface area contributed by atoms with E-state index in [9.17, 15) is 9.59 Å². The zero-order valence-corrected chi connectivity index (χ0v) is 10.3. The van der Waals surface area contributed by atoms with Crippen LogP contribution in [0.25, 0.3) is 0 Å². The van der Waals surface area contributed by atoms with Crippen molar-refractivity contribution in [3.8, 4) is 0 Å². The van der Waals surface area contributed by atoms with Gasteiger partial charge in [-0.2, -0.15) is 0 Å². The molecule has 1 aliphatic heterocycles. The van der Waals surface area contributed by atoms with Gasteiger partial charge in [0.25, 0.3) is 11.8 Å². The normalized spacial score (nSPS) is 33.1. The van der Waals surface area contributed by atoms with Gasteiger partial charge in [-0.15, -0.1) is 23.5 Å². The van der Waals surface area contributed by atoms with E-state index in [1.807, 2.05) is 6.26 Å². The van der Waals surface area contributed by atoms with Crippen LogP contribution in [0.3, 0.4) is 0 Å². The molecule has 1 N–H and O–H groups in total. The van der Waals surface area contributed by atoms with Gasteiger partial charge in [-0.3, -0.25) is 9.59 Å². The number of nitrogens with zero attached hydrogens (tertiary/aromatic N) is 1. The number of amides is 2. The standard InChI is InChI=1S/C8H14N2O2S2/c1-8(14-4)7(12)9-5(13-3)6(11)10(8)2/h5H,1-4H3,(H,9,12). The maximum atomic E-state index is 11.8. The number of nitrogens with one attached hydrogen (secondary N) is 1. The fourth-order valence-electron chi connectivity index (χ4n) is 1.24. The zero-order valence-electron chi connectivity index (χ0n) is 8.66. The lowest BCUT2D eigenvalue weighted by molar-refractivity contribution is -0.146. The van der Waals surface area contributed by atoms with Crippen LogP contribution in [0.1, 0.15) is 6.92 Å². The Kier molecular flexibility index (Phi) is 3.36. The van der Waals surface area contributed by atoms with Gasteiger partial charge in [0, 0.05) is 7.05 Å². The van der Waals surface area contributed by atoms with Gasteiger partial charge in [0.15, 0.2) is 10.2 Å². The summed E-state index contributed by atoms with van der Waals surface area (Å²) in [5.74, 6) is -0.152. The summed E-state index contributed by atoms with van der Waals surface area (Å²) in [6, 6.07) is 0. The minimum Gasteiger partial charge on any atom is -0.333 e. The minimum atomic E-state index is -0.774. The van der Waals surface area contributed by atoms with Crippen LogP contribution in [0, 0.1) is 0 Å². The summed E-state index contributed by atoms with van der Waals surface area (Å²) in [4.78, 5) is 24.2. The average molecular weight is 234 g/mol. The highest BCUT2D eigenvalue weighted by molar-refractivity contribution is 8.01. The molecule has 4 nitrogen and oxygen atoms in total. The molecular formula is C8H14N2O2S2. The highest BCUT2D eigenvalue weighted by Gasteiger charge is 2.46. The Balaban J connectivity index is 2.96. The van der Waals surface area contributed by atoms with Crippen molar-refractivity contribution >= 4 is 35.3 Å². The van der Waals surface area contributed by atoms with Gasteiger partial charge < -0.3 is 10.2 Å². The van der Waals surface area contributed by atoms with E-state index < -0.39 is 10.2 Å². The number of carbonyl (C=O) groups excluding carboxylic acids is 2. The first-order valence-corrected chi connectivity index (χ1v) is 6.65. The van der Waals surface area contributed by atoms with Crippen molar-refractivity contribution in [2.45, 2.75) is 17.2 Å². The molecule has 14 heavy (non-hydrogen) atoms. The summed E-state index contributed by atoms with van der Waals surface area (Å²) in [5, 5.41) is 2.26. The molecule has 1 saturated heterocycles. The quantitative estimate of drug-likeness (QED) is 0.749. The second kappa shape index (κ2) is 4.02. The predicted molar refractivity (Wildman–Crippen MR) is 60.1 cm³/mol. The fraction of sp³-hybridized carbons (Fsp3) is 0.750. The van der Waals surface area contributed by atoms with E-state index in [0.29, 0.717) is 0 Å². The van der Waals surface area contributed by atoms with E-state index in [-0.39, 0.29) is 11.8 Å². The summed E-state index contributed by atoms with van der Waals surface area (Å²) in [5.41, 5.74) is 0. The molecule has 0 spiro atoms. The van der Waals surface area contributed by atoms with E-state index in [2.05, 4.69) is 5.32 Å². The molecule has 0 aromatic heterocycles. The zero-order chi connectivity index (χ0) is 10.9. The molecule has 0 aromatic carbocycles. The first-order valence-electron chi connectivity index (χ1n) is 4.14. The van der Waals surface area contributed by atoms with Crippen molar-refractivity contribution in [1.82, 2.24) is 10.2 Å². The molecule has 1 aliphatic rings. The summed E-state index contributed by atoms with van der Waals surface area (Å²) in [6.45, 7) is 1.75. The monoisotopic (exact) mass is 234 g/mol. The molecule has 1 heterocycles. The molecule has 2 unspecified atom stereocenters.